The molecule has 0 spiro atoms. The van der Waals surface area contributed by atoms with Crippen LogP contribution in [0.5, 0.6) is 5.75 Å². The van der Waals surface area contributed by atoms with Gasteiger partial charge in [0.15, 0.2) is 0 Å². The molecule has 6 nitrogen and oxygen atoms in total. The number of hydrogen-bond acceptors (Lipinski definition) is 5. The van der Waals surface area contributed by atoms with Crippen LogP contribution in [0.2, 0.25) is 0 Å². The van der Waals surface area contributed by atoms with Crippen molar-refractivity contribution in [2.45, 2.75) is 6.10 Å². The SMILES string of the molecule is O=C(Nc1cccnc1)ON1CC(Oc2ccc(-c3ccccc3)cc2)C1. The highest BCUT2D eigenvalue weighted by molar-refractivity contribution is 5.84. The van der Waals surface area contributed by atoms with Gasteiger partial charge in [0.25, 0.3) is 0 Å². The predicted octanol–water partition coefficient (Wildman–Crippen LogP) is 3.98. The Kier molecular flexibility index (Phi) is 4.98. The van der Waals surface area contributed by atoms with Gasteiger partial charge in [-0.2, -0.15) is 0 Å². The Balaban J connectivity index is 1.23. The van der Waals surface area contributed by atoms with E-state index >= 15 is 0 Å². The zero-order valence-electron chi connectivity index (χ0n) is 14.6. The minimum Gasteiger partial charge on any atom is -0.487 e. The summed E-state index contributed by atoms with van der Waals surface area (Å²) in [6.45, 7) is 1.06. The summed E-state index contributed by atoms with van der Waals surface area (Å²) >= 11 is 0. The van der Waals surface area contributed by atoms with Crippen LogP contribution in [0, 0.1) is 0 Å². The van der Waals surface area contributed by atoms with Gasteiger partial charge in [0, 0.05) is 6.20 Å². The second-order valence-electron chi connectivity index (χ2n) is 6.22. The van der Waals surface area contributed by atoms with Crippen molar-refractivity contribution in [1.82, 2.24) is 10.0 Å². The molecule has 6 heteroatoms. The minimum atomic E-state index is -0.534. The molecular formula is C21H19N3O3. The normalized spacial score (nSPS) is 14.2. The smallest absolute Gasteiger partial charge is 0.430 e. The fourth-order valence-electron chi connectivity index (χ4n) is 2.79. The van der Waals surface area contributed by atoms with Crippen molar-refractivity contribution in [2.24, 2.45) is 0 Å². The number of ether oxygens (including phenoxy) is 1. The quantitative estimate of drug-likeness (QED) is 0.745. The summed E-state index contributed by atoms with van der Waals surface area (Å²) < 4.78 is 5.91. The molecule has 0 saturated carbocycles. The van der Waals surface area contributed by atoms with Crippen molar-refractivity contribution in [3.05, 3.63) is 79.1 Å². The van der Waals surface area contributed by atoms with Gasteiger partial charge in [0.2, 0.25) is 0 Å². The molecule has 27 heavy (non-hydrogen) atoms. The summed E-state index contributed by atoms with van der Waals surface area (Å²) in [4.78, 5) is 21.0. The lowest BCUT2D eigenvalue weighted by Crippen LogP contribution is -2.54. The van der Waals surface area contributed by atoms with Crippen molar-refractivity contribution in [3.8, 4) is 16.9 Å². The van der Waals surface area contributed by atoms with Crippen LogP contribution in [0.15, 0.2) is 79.1 Å². The average molecular weight is 361 g/mol. The number of hydrogen-bond donors (Lipinski definition) is 1. The van der Waals surface area contributed by atoms with Gasteiger partial charge < -0.3 is 9.57 Å². The van der Waals surface area contributed by atoms with Crippen LogP contribution in [0.25, 0.3) is 11.1 Å². The summed E-state index contributed by atoms with van der Waals surface area (Å²) in [7, 11) is 0. The van der Waals surface area contributed by atoms with E-state index in [0.717, 1.165) is 11.3 Å². The van der Waals surface area contributed by atoms with Crippen molar-refractivity contribution < 1.29 is 14.4 Å². The van der Waals surface area contributed by atoms with Crippen LogP contribution < -0.4 is 10.1 Å². The van der Waals surface area contributed by atoms with E-state index in [4.69, 9.17) is 9.57 Å². The Hall–Kier alpha value is -3.38. The first-order valence-corrected chi connectivity index (χ1v) is 8.72. The number of aromatic nitrogens is 1. The molecular weight excluding hydrogens is 342 g/mol. The van der Waals surface area contributed by atoms with Crippen LogP contribution in [0.1, 0.15) is 0 Å². The number of hydroxylamine groups is 2. The van der Waals surface area contributed by atoms with Gasteiger partial charge in [0.05, 0.1) is 25.0 Å². The maximum Gasteiger partial charge on any atom is 0.430 e. The Morgan fingerprint density at radius 1 is 0.963 bits per heavy atom. The number of rotatable bonds is 5. The van der Waals surface area contributed by atoms with Gasteiger partial charge in [0.1, 0.15) is 11.9 Å². The van der Waals surface area contributed by atoms with E-state index in [9.17, 15) is 4.79 Å². The first-order chi connectivity index (χ1) is 13.3. The van der Waals surface area contributed by atoms with E-state index in [0.29, 0.717) is 18.8 Å². The lowest BCUT2D eigenvalue weighted by atomic mass is 10.1. The summed E-state index contributed by atoms with van der Waals surface area (Å²) in [5.41, 5.74) is 2.91. The van der Waals surface area contributed by atoms with E-state index in [-0.39, 0.29) is 6.10 Å². The van der Waals surface area contributed by atoms with Crippen LogP contribution in [-0.4, -0.2) is 35.3 Å². The minimum absolute atomic E-state index is 0.00114. The van der Waals surface area contributed by atoms with E-state index in [2.05, 4.69) is 22.4 Å². The molecule has 1 aliphatic rings. The molecule has 4 rings (SSSR count). The number of carbonyl (C=O) groups excluding carboxylic acids is 1. The second kappa shape index (κ2) is 7.88. The summed E-state index contributed by atoms with van der Waals surface area (Å²) in [6.07, 6.45) is 2.66. The highest BCUT2D eigenvalue weighted by Gasteiger charge is 2.31. The third kappa shape index (κ3) is 4.43. The van der Waals surface area contributed by atoms with Gasteiger partial charge in [-0.05, 0) is 35.4 Å². The molecule has 3 aromatic rings. The van der Waals surface area contributed by atoms with Crippen molar-refractivity contribution in [3.63, 3.8) is 0 Å². The molecule has 0 bridgehead atoms. The highest BCUT2D eigenvalue weighted by Crippen LogP contribution is 2.24. The molecule has 2 aromatic carbocycles. The highest BCUT2D eigenvalue weighted by atomic mass is 16.7. The molecule has 1 aromatic heterocycles. The Labute approximate surface area is 157 Å². The number of anilines is 1. The number of amides is 1. The summed E-state index contributed by atoms with van der Waals surface area (Å²) in [5.74, 6) is 0.805. The van der Waals surface area contributed by atoms with E-state index < -0.39 is 6.09 Å². The van der Waals surface area contributed by atoms with E-state index in [1.165, 1.54) is 5.56 Å². The maximum absolute atomic E-state index is 11.8. The number of carbonyl (C=O) groups is 1. The van der Waals surface area contributed by atoms with Gasteiger partial charge in [-0.25, -0.2) is 4.79 Å². The van der Waals surface area contributed by atoms with Crippen LogP contribution >= 0.6 is 0 Å². The Morgan fingerprint density at radius 3 is 2.41 bits per heavy atom. The number of nitrogens with zero attached hydrogens (tertiary/aromatic N) is 2. The zero-order valence-corrected chi connectivity index (χ0v) is 14.6. The van der Waals surface area contributed by atoms with Gasteiger partial charge in [-0.15, -0.1) is 5.06 Å². The fraction of sp³-hybridized carbons (Fsp3) is 0.143. The number of nitrogens with one attached hydrogen (secondary N) is 1. The van der Waals surface area contributed by atoms with Crippen LogP contribution in [0.3, 0.4) is 0 Å². The molecule has 0 aliphatic carbocycles. The first kappa shape index (κ1) is 17.1. The van der Waals surface area contributed by atoms with Crippen molar-refractivity contribution >= 4 is 11.8 Å². The van der Waals surface area contributed by atoms with Gasteiger partial charge in [-0.3, -0.25) is 10.3 Å². The van der Waals surface area contributed by atoms with E-state index in [1.807, 2.05) is 42.5 Å². The standard InChI is InChI=1S/C21H19N3O3/c25-21(23-18-7-4-12-22-13-18)27-24-14-20(15-24)26-19-10-8-17(9-11-19)16-5-2-1-3-6-16/h1-13,20H,14-15H2,(H,23,25). The van der Waals surface area contributed by atoms with Crippen LogP contribution in [-0.2, 0) is 4.84 Å². The lowest BCUT2D eigenvalue weighted by Gasteiger charge is -2.36. The van der Waals surface area contributed by atoms with Crippen LogP contribution in [0.4, 0.5) is 10.5 Å². The molecule has 1 amide bonds. The monoisotopic (exact) mass is 361 g/mol. The summed E-state index contributed by atoms with van der Waals surface area (Å²) in [5, 5.41) is 4.19. The molecule has 0 radical (unpaired) electrons. The van der Waals surface area contributed by atoms with Gasteiger partial charge in [-0.1, -0.05) is 42.5 Å². The lowest BCUT2D eigenvalue weighted by molar-refractivity contribution is -0.180. The molecule has 1 fully saturated rings. The molecule has 2 heterocycles. The fourth-order valence-corrected chi connectivity index (χ4v) is 2.79. The largest absolute Gasteiger partial charge is 0.487 e. The number of benzene rings is 2. The molecule has 0 atom stereocenters. The van der Waals surface area contributed by atoms with Gasteiger partial charge >= 0.3 is 6.09 Å². The average Bonchev–Trinajstić information content (AvgIpc) is 2.68. The molecule has 136 valence electrons. The topological polar surface area (TPSA) is 63.7 Å². The van der Waals surface area contributed by atoms with Crippen molar-refractivity contribution in [2.75, 3.05) is 18.4 Å². The molecule has 0 unspecified atom stereocenters. The number of pyridine rings is 1. The summed E-state index contributed by atoms with van der Waals surface area (Å²) in [6, 6.07) is 21.7. The predicted molar refractivity (Wildman–Crippen MR) is 102 cm³/mol. The Bertz CT molecular complexity index is 880. The maximum atomic E-state index is 11.8. The molecule has 1 aliphatic heterocycles. The zero-order chi connectivity index (χ0) is 18.5. The molecule has 1 saturated heterocycles. The second-order valence-corrected chi connectivity index (χ2v) is 6.22. The first-order valence-electron chi connectivity index (χ1n) is 8.72. The van der Waals surface area contributed by atoms with Crippen molar-refractivity contribution in [1.29, 1.82) is 0 Å². The Morgan fingerprint density at radius 2 is 1.70 bits per heavy atom. The third-order valence-corrected chi connectivity index (χ3v) is 4.20. The van der Waals surface area contributed by atoms with E-state index in [1.54, 1.807) is 29.6 Å². The molecule has 1 N–H and O–H groups in total. The third-order valence-electron chi connectivity index (χ3n) is 4.20.